The average molecular weight is 399 g/mol. The first kappa shape index (κ1) is 19.8. The fraction of sp³-hybridized carbons (Fsp3) is 0.286. The van der Waals surface area contributed by atoms with Gasteiger partial charge in [-0.05, 0) is 47.5 Å². The van der Waals surface area contributed by atoms with Crippen molar-refractivity contribution in [3.8, 4) is 0 Å². The molecule has 0 aliphatic heterocycles. The van der Waals surface area contributed by atoms with Crippen LogP contribution in [0.25, 0.3) is 11.0 Å². The summed E-state index contributed by atoms with van der Waals surface area (Å²) in [6.45, 7) is 5.74. The smallest absolute Gasteiger partial charge is 0.310 e. The highest BCUT2D eigenvalue weighted by Crippen LogP contribution is 2.29. The third kappa shape index (κ3) is 4.48. The molecule has 7 heteroatoms. The Morgan fingerprint density at radius 2 is 2.04 bits per heavy atom. The van der Waals surface area contributed by atoms with Gasteiger partial charge in [-0.15, -0.1) is 11.3 Å². The molecule has 1 N–H and O–H groups in total. The minimum Gasteiger partial charge on any atom is -0.464 e. The van der Waals surface area contributed by atoms with Gasteiger partial charge in [0, 0.05) is 10.9 Å². The lowest BCUT2D eigenvalue weighted by molar-refractivity contribution is -0.147. The molecule has 0 saturated carbocycles. The quantitative estimate of drug-likeness (QED) is 0.634. The molecule has 6 nitrogen and oxygen atoms in total. The van der Waals surface area contributed by atoms with Gasteiger partial charge in [0.2, 0.25) is 0 Å². The fourth-order valence-corrected chi connectivity index (χ4v) is 3.61. The molecule has 0 aliphatic carbocycles. The van der Waals surface area contributed by atoms with Crippen LogP contribution in [0.2, 0.25) is 0 Å². The van der Waals surface area contributed by atoms with Crippen LogP contribution in [0.5, 0.6) is 0 Å². The predicted molar refractivity (Wildman–Crippen MR) is 106 cm³/mol. The van der Waals surface area contributed by atoms with Crippen molar-refractivity contribution in [3.05, 3.63) is 57.5 Å². The molecule has 0 bridgehead atoms. The van der Waals surface area contributed by atoms with Gasteiger partial charge in [0.15, 0.2) is 6.61 Å². The van der Waals surface area contributed by atoms with Gasteiger partial charge in [-0.1, -0.05) is 19.9 Å². The molecule has 0 spiro atoms. The number of imide groups is 1. The summed E-state index contributed by atoms with van der Waals surface area (Å²) >= 11 is 1.22. The maximum atomic E-state index is 12.1. The van der Waals surface area contributed by atoms with E-state index in [1.165, 1.54) is 23.2 Å². The molecule has 2 aromatic heterocycles. The first-order valence-electron chi connectivity index (χ1n) is 8.89. The zero-order valence-electron chi connectivity index (χ0n) is 15.9. The molecule has 0 saturated heterocycles. The van der Waals surface area contributed by atoms with Gasteiger partial charge in [-0.2, -0.15) is 0 Å². The molecule has 0 atom stereocenters. The van der Waals surface area contributed by atoms with Crippen LogP contribution in [0.15, 0.2) is 40.3 Å². The number of amides is 2. The Hall–Kier alpha value is -2.93. The van der Waals surface area contributed by atoms with Gasteiger partial charge in [-0.25, -0.2) is 0 Å². The number of thiophene rings is 1. The van der Waals surface area contributed by atoms with Crippen molar-refractivity contribution in [2.75, 3.05) is 6.61 Å². The van der Waals surface area contributed by atoms with E-state index in [0.717, 1.165) is 10.9 Å². The van der Waals surface area contributed by atoms with Crippen LogP contribution >= 0.6 is 11.3 Å². The Kier molecular flexibility index (Phi) is 5.94. The Morgan fingerprint density at radius 1 is 1.25 bits per heavy atom. The van der Waals surface area contributed by atoms with Crippen molar-refractivity contribution >= 4 is 40.1 Å². The number of benzene rings is 1. The van der Waals surface area contributed by atoms with Crippen molar-refractivity contribution < 1.29 is 23.5 Å². The summed E-state index contributed by atoms with van der Waals surface area (Å²) in [7, 11) is 0. The summed E-state index contributed by atoms with van der Waals surface area (Å²) in [5.41, 5.74) is 3.74. The number of carbonyl (C=O) groups excluding carboxylic acids is 3. The molecular weight excluding hydrogens is 378 g/mol. The normalized spacial score (nSPS) is 11.0. The van der Waals surface area contributed by atoms with Crippen LogP contribution in [0.3, 0.4) is 0 Å². The van der Waals surface area contributed by atoms with Crippen molar-refractivity contribution in [2.45, 2.75) is 33.1 Å². The van der Waals surface area contributed by atoms with Crippen LogP contribution < -0.4 is 5.32 Å². The number of carbonyl (C=O) groups is 3. The molecule has 0 radical (unpaired) electrons. The molecule has 0 fully saturated rings. The van der Waals surface area contributed by atoms with Crippen molar-refractivity contribution in [1.29, 1.82) is 0 Å². The summed E-state index contributed by atoms with van der Waals surface area (Å²) < 4.78 is 10.6. The lowest BCUT2D eigenvalue weighted by Crippen LogP contribution is -2.33. The molecule has 2 amide bonds. The molecule has 1 aromatic carbocycles. The van der Waals surface area contributed by atoms with E-state index in [-0.39, 0.29) is 6.42 Å². The van der Waals surface area contributed by atoms with E-state index in [9.17, 15) is 14.4 Å². The largest absolute Gasteiger partial charge is 0.464 e. The van der Waals surface area contributed by atoms with E-state index in [2.05, 4.69) is 19.2 Å². The van der Waals surface area contributed by atoms with Gasteiger partial charge in [0.25, 0.3) is 11.8 Å². The monoisotopic (exact) mass is 399 g/mol. The fourth-order valence-electron chi connectivity index (χ4n) is 2.99. The zero-order chi connectivity index (χ0) is 20.3. The predicted octanol–water partition coefficient (Wildman–Crippen LogP) is 3.97. The summed E-state index contributed by atoms with van der Waals surface area (Å²) in [6, 6.07) is 7.32. The summed E-state index contributed by atoms with van der Waals surface area (Å²) in [5.74, 6) is -1.38. The third-order valence-electron chi connectivity index (χ3n) is 4.36. The number of aryl methyl sites for hydroxylation is 1. The Morgan fingerprint density at radius 3 is 2.71 bits per heavy atom. The lowest BCUT2D eigenvalue weighted by atomic mass is 9.95. The van der Waals surface area contributed by atoms with Crippen molar-refractivity contribution in [2.24, 2.45) is 0 Å². The molecule has 0 aliphatic rings. The maximum Gasteiger partial charge on any atom is 0.310 e. The van der Waals surface area contributed by atoms with Crippen LogP contribution in [-0.4, -0.2) is 24.4 Å². The average Bonchev–Trinajstić information content (AvgIpc) is 3.29. The van der Waals surface area contributed by atoms with Crippen LogP contribution in [-0.2, 0) is 20.7 Å². The number of esters is 1. The second-order valence-corrected chi connectivity index (χ2v) is 7.76. The highest BCUT2D eigenvalue weighted by Gasteiger charge is 2.17. The molecule has 2 heterocycles. The second-order valence-electron chi connectivity index (χ2n) is 6.81. The van der Waals surface area contributed by atoms with E-state index >= 15 is 0 Å². The molecular formula is C21H21NO5S. The number of hydrogen-bond acceptors (Lipinski definition) is 6. The highest BCUT2D eigenvalue weighted by molar-refractivity contribution is 7.12. The number of rotatable bonds is 6. The standard InChI is InChI=1S/C21H21NO5S/c1-12(2)15-9-16-14(10-26-17(16)7-13(15)3)8-20(24)27-11-19(23)22-21(25)18-5-4-6-28-18/h4-7,9-10,12H,8,11H2,1-3H3,(H,22,23,25). The van der Waals surface area contributed by atoms with Crippen molar-refractivity contribution in [3.63, 3.8) is 0 Å². The van der Waals surface area contributed by atoms with Crippen LogP contribution in [0.4, 0.5) is 0 Å². The van der Waals surface area contributed by atoms with Crippen molar-refractivity contribution in [1.82, 2.24) is 5.32 Å². The number of hydrogen-bond donors (Lipinski definition) is 1. The molecule has 3 rings (SSSR count). The van der Waals surface area contributed by atoms with Gasteiger partial charge in [0.1, 0.15) is 5.58 Å². The molecule has 146 valence electrons. The topological polar surface area (TPSA) is 85.6 Å². The summed E-state index contributed by atoms with van der Waals surface area (Å²) in [6.07, 6.45) is 1.52. The van der Waals surface area contributed by atoms with E-state index < -0.39 is 24.4 Å². The molecule has 3 aromatic rings. The second kappa shape index (κ2) is 8.39. The molecule has 0 unspecified atom stereocenters. The first-order valence-corrected chi connectivity index (χ1v) is 9.77. The number of fused-ring (bicyclic) bond motifs is 1. The first-order chi connectivity index (χ1) is 13.3. The van der Waals surface area contributed by atoms with Gasteiger partial charge < -0.3 is 9.15 Å². The summed E-state index contributed by atoms with van der Waals surface area (Å²) in [5, 5.41) is 4.79. The number of nitrogens with one attached hydrogen (secondary N) is 1. The van der Waals surface area contributed by atoms with Crippen LogP contribution in [0.1, 0.15) is 46.1 Å². The zero-order valence-corrected chi connectivity index (χ0v) is 16.7. The van der Waals surface area contributed by atoms with E-state index in [1.807, 2.05) is 19.1 Å². The Balaban J connectivity index is 1.59. The third-order valence-corrected chi connectivity index (χ3v) is 5.23. The highest BCUT2D eigenvalue weighted by atomic mass is 32.1. The number of furan rings is 1. The SMILES string of the molecule is Cc1cc2occ(CC(=O)OCC(=O)NC(=O)c3cccs3)c2cc1C(C)C. The van der Waals surface area contributed by atoms with E-state index in [0.29, 0.717) is 21.9 Å². The van der Waals surface area contributed by atoms with Gasteiger partial charge in [-0.3, -0.25) is 19.7 Å². The lowest BCUT2D eigenvalue weighted by Gasteiger charge is -2.10. The van der Waals surface area contributed by atoms with Gasteiger partial charge in [0.05, 0.1) is 17.6 Å². The minimum absolute atomic E-state index is 0.0141. The minimum atomic E-state index is -0.665. The maximum absolute atomic E-state index is 12.1. The summed E-state index contributed by atoms with van der Waals surface area (Å²) in [4.78, 5) is 36.2. The number of ether oxygens (including phenoxy) is 1. The van der Waals surface area contributed by atoms with Crippen LogP contribution in [0, 0.1) is 6.92 Å². The van der Waals surface area contributed by atoms with Gasteiger partial charge >= 0.3 is 5.97 Å². The Labute approximate surface area is 166 Å². The van der Waals surface area contributed by atoms with E-state index in [4.69, 9.17) is 9.15 Å². The van der Waals surface area contributed by atoms with E-state index in [1.54, 1.807) is 17.5 Å². The Bertz CT molecular complexity index is 1020. The molecule has 28 heavy (non-hydrogen) atoms.